The third-order valence-corrected chi connectivity index (χ3v) is 2.88. The Hall–Kier alpha value is -2.88. The van der Waals surface area contributed by atoms with Crippen LogP contribution in [0.15, 0.2) is 65.2 Å². The van der Waals surface area contributed by atoms with Crippen LogP contribution in [0.1, 0.15) is 11.3 Å². The van der Waals surface area contributed by atoms with Gasteiger partial charge in [-0.15, -0.1) is 0 Å². The Morgan fingerprint density at radius 1 is 0.900 bits per heavy atom. The van der Waals surface area contributed by atoms with Crippen LogP contribution in [0, 0.1) is 0 Å². The molecule has 0 radical (unpaired) electrons. The normalized spacial score (nSPS) is 11.0. The summed E-state index contributed by atoms with van der Waals surface area (Å²) >= 11 is 0. The van der Waals surface area contributed by atoms with Crippen LogP contribution >= 0.6 is 0 Å². The molecule has 0 unspecified atom stereocenters. The molecule has 0 bridgehead atoms. The zero-order valence-corrected chi connectivity index (χ0v) is 10.6. The fraction of sp³-hybridized carbons (Fsp3) is 0. The molecule has 1 heterocycles. The molecule has 4 nitrogen and oxygen atoms in total. The van der Waals surface area contributed by atoms with E-state index in [0.29, 0.717) is 5.69 Å². The summed E-state index contributed by atoms with van der Waals surface area (Å²) in [4.78, 5) is 0. The molecule has 0 saturated carbocycles. The highest BCUT2D eigenvalue weighted by atomic mass is 16.6. The van der Waals surface area contributed by atoms with Gasteiger partial charge >= 0.3 is 0 Å². The molecule has 0 N–H and O–H groups in total. The van der Waals surface area contributed by atoms with Crippen LogP contribution in [-0.4, -0.2) is 5.27 Å². The molecular weight excluding hydrogens is 252 g/mol. The molecule has 20 heavy (non-hydrogen) atoms. The molecule has 0 aliphatic carbocycles. The number of aromatic nitrogens is 2. The molecule has 4 heteroatoms. The summed E-state index contributed by atoms with van der Waals surface area (Å²) in [5.41, 5.74) is 2.18. The van der Waals surface area contributed by atoms with Gasteiger partial charge in [-0.05, 0) is 16.3 Å². The fourth-order valence-electron chi connectivity index (χ4n) is 1.89. The minimum absolute atomic E-state index is 0.389. The lowest BCUT2D eigenvalue weighted by atomic mass is 10.2. The Morgan fingerprint density at radius 2 is 1.55 bits per heavy atom. The second kappa shape index (κ2) is 5.40. The number of rotatable bonds is 3. The van der Waals surface area contributed by atoms with Gasteiger partial charge in [0.05, 0.1) is 5.27 Å². The number of para-hydroxylation sites is 1. The van der Waals surface area contributed by atoms with Crippen molar-refractivity contribution in [2.45, 2.75) is 0 Å². The highest BCUT2D eigenvalue weighted by Gasteiger charge is 2.16. The van der Waals surface area contributed by atoms with Crippen LogP contribution in [0.5, 0.6) is 5.95 Å². The Morgan fingerprint density at radius 3 is 2.25 bits per heavy atom. The second-order valence-electron chi connectivity index (χ2n) is 4.24. The van der Waals surface area contributed by atoms with E-state index < -0.39 is 5.95 Å². The Kier molecular flexibility index (Phi) is 3.29. The van der Waals surface area contributed by atoms with Gasteiger partial charge in [0, 0.05) is 18.2 Å². The molecule has 0 atom stereocenters. The van der Waals surface area contributed by atoms with Gasteiger partial charge in [0.25, 0.3) is 5.69 Å². The molecule has 0 aliphatic heterocycles. The van der Waals surface area contributed by atoms with Gasteiger partial charge in [0.2, 0.25) is 5.69 Å². The van der Waals surface area contributed by atoms with Gasteiger partial charge < -0.3 is 9.63 Å². The largest absolute Gasteiger partial charge is 0.539 e. The van der Waals surface area contributed by atoms with Crippen LogP contribution < -0.4 is 9.79 Å². The smallest absolute Gasteiger partial charge is 0.263 e. The van der Waals surface area contributed by atoms with Gasteiger partial charge in [0.1, 0.15) is 0 Å². The maximum Gasteiger partial charge on any atom is 0.263 e. The first kappa shape index (κ1) is 12.2. The SMILES string of the molecule is [O-]c1on[n+](-c2ccccc2)c1/C=C\c1ccccc1. The molecule has 0 spiro atoms. The zero-order valence-electron chi connectivity index (χ0n) is 10.6. The maximum atomic E-state index is 11.7. The highest BCUT2D eigenvalue weighted by molar-refractivity contribution is 5.68. The molecule has 2 aromatic carbocycles. The molecule has 0 amide bonds. The molecule has 0 aliphatic rings. The van der Waals surface area contributed by atoms with E-state index in [1.165, 1.54) is 4.68 Å². The summed E-state index contributed by atoms with van der Waals surface area (Å²) in [7, 11) is 0. The second-order valence-corrected chi connectivity index (χ2v) is 4.24. The van der Waals surface area contributed by atoms with E-state index in [4.69, 9.17) is 4.52 Å². The van der Waals surface area contributed by atoms with Crippen molar-refractivity contribution in [3.05, 3.63) is 71.9 Å². The van der Waals surface area contributed by atoms with Crippen molar-refractivity contribution in [2.24, 2.45) is 0 Å². The van der Waals surface area contributed by atoms with E-state index in [2.05, 4.69) is 5.27 Å². The van der Waals surface area contributed by atoms with Crippen LogP contribution in [0.4, 0.5) is 0 Å². The first-order chi connectivity index (χ1) is 9.84. The van der Waals surface area contributed by atoms with E-state index in [0.717, 1.165) is 11.3 Å². The quantitative estimate of drug-likeness (QED) is 0.681. The Balaban J connectivity index is 1.98. The van der Waals surface area contributed by atoms with E-state index in [1.807, 2.05) is 66.7 Å². The van der Waals surface area contributed by atoms with Gasteiger partial charge in [-0.2, -0.15) is 0 Å². The summed E-state index contributed by atoms with van der Waals surface area (Å²) in [5.74, 6) is -0.457. The first-order valence-electron chi connectivity index (χ1n) is 6.22. The lowest BCUT2D eigenvalue weighted by Crippen LogP contribution is -2.35. The first-order valence-corrected chi connectivity index (χ1v) is 6.22. The molecule has 3 rings (SSSR count). The molecule has 1 aromatic heterocycles. The Bertz CT molecular complexity index is 719. The summed E-state index contributed by atoms with van der Waals surface area (Å²) in [6, 6.07) is 19.1. The Labute approximate surface area is 116 Å². The molecule has 3 aromatic rings. The topological polar surface area (TPSA) is 53.0 Å². The summed E-state index contributed by atoms with van der Waals surface area (Å²) in [5, 5.41) is 15.5. The van der Waals surface area contributed by atoms with Crippen molar-refractivity contribution in [1.29, 1.82) is 0 Å². The molecule has 98 valence electrons. The number of hydrogen-bond acceptors (Lipinski definition) is 3. The number of benzene rings is 2. The molecular formula is C16H12N2O2. The average Bonchev–Trinajstić information content (AvgIpc) is 2.88. The summed E-state index contributed by atoms with van der Waals surface area (Å²) in [6.07, 6.45) is 3.56. The van der Waals surface area contributed by atoms with Gasteiger partial charge in [0.15, 0.2) is 5.95 Å². The predicted octanol–water partition coefficient (Wildman–Crippen LogP) is 2.20. The standard InChI is InChI=1S/C16H12N2O2/c19-16-15(12-11-13-7-3-1-4-8-13)18(17-20-16)14-9-5-2-6-10-14/h1-12H/b12-11-. The van der Waals surface area contributed by atoms with Crippen LogP contribution in [0.25, 0.3) is 17.8 Å². The van der Waals surface area contributed by atoms with Crippen molar-refractivity contribution < 1.29 is 14.3 Å². The number of nitrogens with zero attached hydrogens (tertiary/aromatic N) is 2. The lowest BCUT2D eigenvalue weighted by molar-refractivity contribution is -0.672. The van der Waals surface area contributed by atoms with Gasteiger partial charge in [-0.1, -0.05) is 48.5 Å². The third-order valence-electron chi connectivity index (χ3n) is 2.88. The average molecular weight is 264 g/mol. The minimum atomic E-state index is -0.457. The van der Waals surface area contributed by atoms with E-state index in [9.17, 15) is 5.11 Å². The number of hydrogen-bond donors (Lipinski definition) is 0. The fourth-order valence-corrected chi connectivity index (χ4v) is 1.89. The summed E-state index contributed by atoms with van der Waals surface area (Å²) < 4.78 is 6.23. The maximum absolute atomic E-state index is 11.7. The van der Waals surface area contributed by atoms with Crippen LogP contribution in [0.2, 0.25) is 0 Å². The van der Waals surface area contributed by atoms with Crippen molar-refractivity contribution in [3.8, 4) is 11.6 Å². The van der Waals surface area contributed by atoms with Gasteiger partial charge in [-0.3, -0.25) is 0 Å². The van der Waals surface area contributed by atoms with E-state index in [-0.39, 0.29) is 0 Å². The van der Waals surface area contributed by atoms with E-state index >= 15 is 0 Å². The predicted molar refractivity (Wildman–Crippen MR) is 72.9 cm³/mol. The third kappa shape index (κ3) is 2.44. The monoisotopic (exact) mass is 264 g/mol. The summed E-state index contributed by atoms with van der Waals surface area (Å²) in [6.45, 7) is 0. The highest BCUT2D eigenvalue weighted by Crippen LogP contribution is 2.14. The zero-order chi connectivity index (χ0) is 13.8. The van der Waals surface area contributed by atoms with Crippen molar-refractivity contribution in [1.82, 2.24) is 5.27 Å². The molecule has 0 fully saturated rings. The van der Waals surface area contributed by atoms with Crippen LogP contribution in [-0.2, 0) is 0 Å². The van der Waals surface area contributed by atoms with Crippen molar-refractivity contribution in [3.63, 3.8) is 0 Å². The van der Waals surface area contributed by atoms with Crippen LogP contribution in [0.3, 0.4) is 0 Å². The van der Waals surface area contributed by atoms with Crippen molar-refractivity contribution >= 4 is 12.2 Å². The molecule has 0 saturated heterocycles. The van der Waals surface area contributed by atoms with Crippen molar-refractivity contribution in [2.75, 3.05) is 0 Å². The van der Waals surface area contributed by atoms with E-state index in [1.54, 1.807) is 6.08 Å². The minimum Gasteiger partial charge on any atom is -0.539 e. The van der Waals surface area contributed by atoms with Gasteiger partial charge in [-0.25, -0.2) is 0 Å². The lowest BCUT2D eigenvalue weighted by Gasteiger charge is -1.93.